The Morgan fingerprint density at radius 3 is 2.71 bits per heavy atom. The van der Waals surface area contributed by atoms with Crippen LogP contribution in [-0.4, -0.2) is 5.78 Å². The van der Waals surface area contributed by atoms with Gasteiger partial charge in [0.05, 0.1) is 0 Å². The van der Waals surface area contributed by atoms with Crippen LogP contribution in [-0.2, 0) is 4.79 Å². The van der Waals surface area contributed by atoms with Crippen LogP contribution < -0.4 is 0 Å². The second kappa shape index (κ2) is 5.14. The summed E-state index contributed by atoms with van der Waals surface area (Å²) >= 11 is 0. The molecule has 78 valence electrons. The Morgan fingerprint density at radius 1 is 1.29 bits per heavy atom. The van der Waals surface area contributed by atoms with E-state index in [1.807, 2.05) is 0 Å². The molecule has 0 spiro atoms. The van der Waals surface area contributed by atoms with Gasteiger partial charge in [0.2, 0.25) is 0 Å². The van der Waals surface area contributed by atoms with Gasteiger partial charge >= 0.3 is 0 Å². The van der Waals surface area contributed by atoms with Gasteiger partial charge in [0, 0.05) is 12.8 Å². The van der Waals surface area contributed by atoms with Gasteiger partial charge in [-0.3, -0.25) is 4.79 Å². The normalized spacial score (nSPS) is 32.8. The molecule has 0 heterocycles. The van der Waals surface area contributed by atoms with Crippen LogP contribution in [0.4, 0.5) is 0 Å². The van der Waals surface area contributed by atoms with Crippen molar-refractivity contribution in [2.45, 2.75) is 46.5 Å². The molecule has 0 aromatic rings. The van der Waals surface area contributed by atoms with Crippen LogP contribution in [0.25, 0.3) is 0 Å². The molecular formula is C13H20O. The molecule has 0 N–H and O–H groups in total. The van der Waals surface area contributed by atoms with E-state index in [4.69, 9.17) is 0 Å². The number of rotatable bonds is 0. The smallest absolute Gasteiger partial charge is 0.137 e. The number of hydrogen-bond acceptors (Lipinski definition) is 1. The number of carbonyl (C=O) groups is 1. The van der Waals surface area contributed by atoms with Gasteiger partial charge in [-0.2, -0.15) is 0 Å². The van der Waals surface area contributed by atoms with Gasteiger partial charge in [-0.15, -0.1) is 0 Å². The lowest BCUT2D eigenvalue weighted by molar-refractivity contribution is -0.118. The van der Waals surface area contributed by atoms with E-state index < -0.39 is 0 Å². The second-order valence-electron chi connectivity index (χ2n) is 4.39. The van der Waals surface area contributed by atoms with Crippen LogP contribution in [0.2, 0.25) is 0 Å². The summed E-state index contributed by atoms with van der Waals surface area (Å²) in [5.41, 5.74) is 2.71. The van der Waals surface area contributed by atoms with Crippen LogP contribution in [0.5, 0.6) is 0 Å². The van der Waals surface area contributed by atoms with Crippen molar-refractivity contribution in [3.05, 3.63) is 23.3 Å². The topological polar surface area (TPSA) is 17.1 Å². The van der Waals surface area contributed by atoms with Gasteiger partial charge in [0.25, 0.3) is 0 Å². The maximum atomic E-state index is 11.5. The highest BCUT2D eigenvalue weighted by atomic mass is 16.1. The predicted octanol–water partition coefficient (Wildman–Crippen LogP) is 3.66. The minimum atomic E-state index is 0.367. The van der Waals surface area contributed by atoms with Gasteiger partial charge in [0.15, 0.2) is 0 Å². The Bertz CT molecular complexity index is 271. The number of allylic oxidation sites excluding steroid dienone is 4. The fourth-order valence-electron chi connectivity index (χ4n) is 1.70. The molecule has 1 aliphatic carbocycles. The van der Waals surface area contributed by atoms with Gasteiger partial charge in [-0.1, -0.05) is 30.2 Å². The largest absolute Gasteiger partial charge is 0.299 e. The van der Waals surface area contributed by atoms with E-state index in [1.54, 1.807) is 0 Å². The lowest BCUT2D eigenvalue weighted by atomic mass is 9.92. The zero-order chi connectivity index (χ0) is 10.6. The first-order chi connectivity index (χ1) is 6.59. The first-order valence-corrected chi connectivity index (χ1v) is 5.43. The van der Waals surface area contributed by atoms with Gasteiger partial charge in [0.1, 0.15) is 5.78 Å². The van der Waals surface area contributed by atoms with E-state index in [-0.39, 0.29) is 0 Å². The first kappa shape index (κ1) is 11.2. The van der Waals surface area contributed by atoms with Crippen molar-refractivity contribution in [2.24, 2.45) is 5.92 Å². The van der Waals surface area contributed by atoms with Crippen molar-refractivity contribution < 1.29 is 4.79 Å². The molecule has 0 saturated carbocycles. The average molecular weight is 192 g/mol. The van der Waals surface area contributed by atoms with Crippen LogP contribution >= 0.6 is 0 Å². The lowest BCUT2D eigenvalue weighted by Crippen LogP contribution is -2.06. The monoisotopic (exact) mass is 192 g/mol. The molecule has 0 fully saturated rings. The summed E-state index contributed by atoms with van der Waals surface area (Å²) in [6.07, 6.45) is 7.91. The molecule has 0 amide bonds. The highest BCUT2D eigenvalue weighted by molar-refractivity contribution is 5.80. The Morgan fingerprint density at radius 2 is 2.00 bits per heavy atom. The third kappa shape index (κ3) is 3.49. The molecule has 0 aliphatic heterocycles. The van der Waals surface area contributed by atoms with Gasteiger partial charge in [-0.05, 0) is 32.6 Å². The van der Waals surface area contributed by atoms with E-state index in [0.717, 1.165) is 12.8 Å². The van der Waals surface area contributed by atoms with Crippen LogP contribution in [0.3, 0.4) is 0 Å². The van der Waals surface area contributed by atoms with E-state index in [1.165, 1.54) is 11.1 Å². The van der Waals surface area contributed by atoms with Crippen LogP contribution in [0.15, 0.2) is 23.3 Å². The molecule has 1 unspecified atom stereocenters. The van der Waals surface area contributed by atoms with E-state index in [0.29, 0.717) is 24.5 Å². The molecule has 0 saturated heterocycles. The standard InChI is InChI=1S/C13H20O/c1-10-5-4-6-11(2)12(3)9-13(14)8-7-10/h6-7,12H,4-5,8-9H2,1-3H3/b10-7+,11-6+. The molecule has 1 atom stereocenters. The number of ketones is 1. The summed E-state index contributed by atoms with van der Waals surface area (Å²) in [5, 5.41) is 0. The van der Waals surface area contributed by atoms with Crippen molar-refractivity contribution in [3.63, 3.8) is 0 Å². The average Bonchev–Trinajstić information content (AvgIpc) is 2.13. The minimum Gasteiger partial charge on any atom is -0.299 e. The van der Waals surface area contributed by atoms with E-state index in [9.17, 15) is 4.79 Å². The number of Topliss-reactive ketones (excluding diaryl/α,β-unsaturated/α-hetero) is 1. The molecule has 1 heteroatoms. The summed E-state index contributed by atoms with van der Waals surface area (Å²) in [6.45, 7) is 6.39. The molecule has 0 radical (unpaired) electrons. The van der Waals surface area contributed by atoms with Crippen molar-refractivity contribution in [3.8, 4) is 0 Å². The maximum absolute atomic E-state index is 11.5. The molecular weight excluding hydrogens is 172 g/mol. The Balaban J connectivity index is 2.72. The highest BCUT2D eigenvalue weighted by Crippen LogP contribution is 2.19. The quantitative estimate of drug-likeness (QED) is 0.535. The van der Waals surface area contributed by atoms with Crippen LogP contribution in [0.1, 0.15) is 46.5 Å². The molecule has 1 rings (SSSR count). The first-order valence-electron chi connectivity index (χ1n) is 5.43. The van der Waals surface area contributed by atoms with E-state index in [2.05, 4.69) is 32.9 Å². The molecule has 14 heavy (non-hydrogen) atoms. The van der Waals surface area contributed by atoms with Crippen LogP contribution in [0, 0.1) is 5.92 Å². The van der Waals surface area contributed by atoms with Crippen molar-refractivity contribution in [1.29, 1.82) is 0 Å². The third-order valence-electron chi connectivity index (χ3n) is 2.99. The molecule has 1 nitrogen and oxygen atoms in total. The molecule has 1 aliphatic rings. The Hall–Kier alpha value is -0.850. The summed E-state index contributed by atoms with van der Waals surface area (Å²) < 4.78 is 0. The maximum Gasteiger partial charge on any atom is 0.137 e. The summed E-state index contributed by atoms with van der Waals surface area (Å²) in [5.74, 6) is 0.792. The minimum absolute atomic E-state index is 0.367. The molecule has 0 aromatic carbocycles. The van der Waals surface area contributed by atoms with E-state index >= 15 is 0 Å². The van der Waals surface area contributed by atoms with Crippen molar-refractivity contribution in [1.82, 2.24) is 0 Å². The Kier molecular flexibility index (Phi) is 4.12. The van der Waals surface area contributed by atoms with Gasteiger partial charge < -0.3 is 0 Å². The third-order valence-corrected chi connectivity index (χ3v) is 2.99. The fourth-order valence-corrected chi connectivity index (χ4v) is 1.70. The summed E-state index contributed by atoms with van der Waals surface area (Å²) in [4.78, 5) is 11.5. The van der Waals surface area contributed by atoms with Crippen molar-refractivity contribution in [2.75, 3.05) is 0 Å². The van der Waals surface area contributed by atoms with Crippen molar-refractivity contribution >= 4 is 5.78 Å². The zero-order valence-electron chi connectivity index (χ0n) is 9.47. The number of carbonyl (C=O) groups excluding carboxylic acids is 1. The fraction of sp³-hybridized carbons (Fsp3) is 0.615. The molecule has 0 aromatic heterocycles. The summed E-state index contributed by atoms with van der Waals surface area (Å²) in [7, 11) is 0. The summed E-state index contributed by atoms with van der Waals surface area (Å²) in [6, 6.07) is 0. The lowest BCUT2D eigenvalue weighted by Gasteiger charge is -2.12. The second-order valence-corrected chi connectivity index (χ2v) is 4.39. The number of hydrogen-bond donors (Lipinski definition) is 0. The predicted molar refractivity (Wildman–Crippen MR) is 60.2 cm³/mol. The zero-order valence-corrected chi connectivity index (χ0v) is 9.47. The SMILES string of the molecule is C/C1=C\CC(=O)CC(C)/C(C)=C/CC1. The highest BCUT2D eigenvalue weighted by Gasteiger charge is 2.10. The Labute approximate surface area is 86.9 Å². The van der Waals surface area contributed by atoms with Gasteiger partial charge in [-0.25, -0.2) is 0 Å². The molecule has 0 bridgehead atoms.